The molecule has 1 aromatic rings. The lowest BCUT2D eigenvalue weighted by molar-refractivity contribution is -0.148. The summed E-state index contributed by atoms with van der Waals surface area (Å²) in [4.78, 5) is 24.5. The van der Waals surface area contributed by atoms with Crippen LogP contribution in [0, 0.1) is 40.2 Å². The van der Waals surface area contributed by atoms with Crippen LogP contribution in [0.4, 0.5) is 8.78 Å². The molecule has 6 rings (SSSR count). The number of benzene rings is 1. The van der Waals surface area contributed by atoms with Crippen molar-refractivity contribution in [3.05, 3.63) is 29.8 Å². The van der Waals surface area contributed by atoms with Crippen molar-refractivity contribution in [2.45, 2.75) is 55.9 Å². The zero-order valence-corrected chi connectivity index (χ0v) is 18.4. The number of rotatable bonds is 7. The fourth-order valence-electron chi connectivity index (χ4n) is 6.50. The second-order valence-corrected chi connectivity index (χ2v) is 12.0. The lowest BCUT2D eigenvalue weighted by Crippen LogP contribution is -2.62. The van der Waals surface area contributed by atoms with Gasteiger partial charge in [-0.2, -0.15) is 0 Å². The molecule has 0 heterocycles. The molecule has 2 atom stereocenters. The topological polar surface area (TPSA) is 118 Å². The molecule has 4 bridgehead atoms. The van der Waals surface area contributed by atoms with Gasteiger partial charge in [-0.1, -0.05) is 6.07 Å². The molecule has 0 saturated heterocycles. The fourth-order valence-corrected chi connectivity index (χ4v) is 7.72. The summed E-state index contributed by atoms with van der Waals surface area (Å²) >= 11 is 0. The number of nitrogens with one attached hydrogen (secondary N) is 2. The van der Waals surface area contributed by atoms with Crippen molar-refractivity contribution in [1.29, 1.82) is 0 Å². The van der Waals surface area contributed by atoms with Crippen molar-refractivity contribution in [3.63, 3.8) is 0 Å². The molecule has 0 radical (unpaired) electrons. The molecule has 2 unspecified atom stereocenters. The lowest BCUT2D eigenvalue weighted by atomic mass is 9.47. The Labute approximate surface area is 185 Å². The Morgan fingerprint density at radius 2 is 1.75 bits per heavy atom. The third-order valence-corrected chi connectivity index (χ3v) is 9.65. The van der Waals surface area contributed by atoms with Gasteiger partial charge in [0.05, 0.1) is 5.41 Å². The van der Waals surface area contributed by atoms with Gasteiger partial charge in [0, 0.05) is 18.0 Å². The zero-order chi connectivity index (χ0) is 22.9. The summed E-state index contributed by atoms with van der Waals surface area (Å²) in [5, 5.41) is 3.16. The maximum absolute atomic E-state index is 13.9. The zero-order valence-electron chi connectivity index (χ0n) is 17.6. The van der Waals surface area contributed by atoms with Crippen LogP contribution in [0.1, 0.15) is 44.9 Å². The molecule has 1 aromatic carbocycles. The van der Waals surface area contributed by atoms with E-state index in [1.807, 2.05) is 0 Å². The average Bonchev–Trinajstić information content (AvgIpc) is 3.52. The van der Waals surface area contributed by atoms with E-state index in [0.717, 1.165) is 37.5 Å². The van der Waals surface area contributed by atoms with Crippen molar-refractivity contribution in [2.24, 2.45) is 34.3 Å². The van der Waals surface area contributed by atoms with E-state index in [9.17, 15) is 26.8 Å². The standard InChI is InChI=1S/C22H27F2N3O4S/c23-15-2-1-3-16(17(15)24)32(30,31)26-11-21(4-5-21)20(29)27-18-13-6-12-7-14(18)10-22(8-12,9-13)19(25)28/h1-3,12-14,18,26H,4-11H2,(H2,25,28)(H,27,29). The number of nitrogens with two attached hydrogens (primary N) is 1. The smallest absolute Gasteiger partial charge is 0.243 e. The van der Waals surface area contributed by atoms with Crippen LogP contribution in [0.25, 0.3) is 0 Å². The first-order valence-corrected chi connectivity index (χ1v) is 12.6. The van der Waals surface area contributed by atoms with Crippen molar-refractivity contribution < 1.29 is 26.8 Å². The van der Waals surface area contributed by atoms with Gasteiger partial charge in [0.2, 0.25) is 21.8 Å². The Hall–Kier alpha value is -2.07. The fraction of sp³-hybridized carbons (Fsp3) is 0.636. The normalized spacial score (nSPS) is 34.3. The van der Waals surface area contributed by atoms with Gasteiger partial charge in [0.15, 0.2) is 11.6 Å². The molecule has 0 spiro atoms. The van der Waals surface area contributed by atoms with Gasteiger partial charge in [0.25, 0.3) is 0 Å². The van der Waals surface area contributed by atoms with Crippen LogP contribution in [-0.2, 0) is 19.6 Å². The molecular formula is C22H27F2N3O4S. The van der Waals surface area contributed by atoms with Gasteiger partial charge in [-0.15, -0.1) is 0 Å². The monoisotopic (exact) mass is 467 g/mol. The maximum atomic E-state index is 13.9. The Balaban J connectivity index is 1.26. The van der Waals surface area contributed by atoms with E-state index in [0.29, 0.717) is 31.6 Å². The first kappa shape index (κ1) is 21.8. The van der Waals surface area contributed by atoms with Crippen LogP contribution < -0.4 is 15.8 Å². The number of hydrogen-bond donors (Lipinski definition) is 3. The highest BCUT2D eigenvalue weighted by atomic mass is 32.2. The van der Waals surface area contributed by atoms with Gasteiger partial charge < -0.3 is 11.1 Å². The Morgan fingerprint density at radius 3 is 2.34 bits per heavy atom. The SMILES string of the molecule is NC(=O)C12CC3CC(C1)C(NC(=O)C1(CNS(=O)(=O)c4cccc(F)c4F)CC1)C(C3)C2. The minimum atomic E-state index is -4.30. The Bertz CT molecular complexity index is 1070. The molecule has 0 aliphatic heterocycles. The predicted molar refractivity (Wildman–Crippen MR) is 110 cm³/mol. The molecule has 5 aliphatic rings. The van der Waals surface area contributed by atoms with E-state index < -0.39 is 37.4 Å². The number of carbonyl (C=O) groups is 2. The van der Waals surface area contributed by atoms with Crippen molar-refractivity contribution in [3.8, 4) is 0 Å². The summed E-state index contributed by atoms with van der Waals surface area (Å²) in [5.41, 5.74) is 4.40. The third-order valence-electron chi connectivity index (χ3n) is 8.24. The largest absolute Gasteiger partial charge is 0.369 e. The minimum Gasteiger partial charge on any atom is -0.369 e. The molecule has 4 N–H and O–H groups in total. The summed E-state index contributed by atoms with van der Waals surface area (Å²) in [6.07, 6.45) is 5.20. The van der Waals surface area contributed by atoms with Crippen LogP contribution >= 0.6 is 0 Å². The first-order chi connectivity index (χ1) is 15.1. The molecule has 7 nitrogen and oxygen atoms in total. The Morgan fingerprint density at radius 1 is 1.09 bits per heavy atom. The molecule has 32 heavy (non-hydrogen) atoms. The van der Waals surface area contributed by atoms with E-state index in [-0.39, 0.29) is 36.2 Å². The number of halogens is 2. The van der Waals surface area contributed by atoms with Gasteiger partial charge in [-0.25, -0.2) is 21.9 Å². The van der Waals surface area contributed by atoms with Crippen molar-refractivity contribution >= 4 is 21.8 Å². The predicted octanol–water partition coefficient (Wildman–Crippen LogP) is 1.82. The molecule has 0 aromatic heterocycles. The van der Waals surface area contributed by atoms with Crippen molar-refractivity contribution in [2.75, 3.05) is 6.54 Å². The van der Waals surface area contributed by atoms with Crippen LogP contribution in [0.5, 0.6) is 0 Å². The van der Waals surface area contributed by atoms with E-state index in [1.165, 1.54) is 0 Å². The maximum Gasteiger partial charge on any atom is 0.243 e. The molecule has 174 valence electrons. The van der Waals surface area contributed by atoms with Gasteiger partial charge in [0.1, 0.15) is 4.90 Å². The van der Waals surface area contributed by atoms with Crippen LogP contribution in [0.2, 0.25) is 0 Å². The summed E-state index contributed by atoms with van der Waals surface area (Å²) < 4.78 is 54.7. The summed E-state index contributed by atoms with van der Waals surface area (Å²) in [6.45, 7) is -0.174. The molecule has 5 aliphatic carbocycles. The number of hydrogen-bond acceptors (Lipinski definition) is 4. The Kier molecular flexibility index (Phi) is 4.91. The summed E-state index contributed by atoms with van der Waals surface area (Å²) in [7, 11) is -4.30. The first-order valence-electron chi connectivity index (χ1n) is 11.1. The average molecular weight is 468 g/mol. The van der Waals surface area contributed by atoms with Gasteiger partial charge >= 0.3 is 0 Å². The van der Waals surface area contributed by atoms with Gasteiger partial charge in [-0.3, -0.25) is 9.59 Å². The summed E-state index contributed by atoms with van der Waals surface area (Å²) in [6, 6.07) is 2.92. The lowest BCUT2D eigenvalue weighted by Gasteiger charge is -2.59. The second-order valence-electron chi connectivity index (χ2n) is 10.3. The van der Waals surface area contributed by atoms with Gasteiger partial charge in [-0.05, 0) is 74.8 Å². The molecule has 2 amide bonds. The molecular weight excluding hydrogens is 440 g/mol. The van der Waals surface area contributed by atoms with E-state index in [4.69, 9.17) is 5.73 Å². The van der Waals surface area contributed by atoms with E-state index >= 15 is 0 Å². The molecule has 5 fully saturated rings. The van der Waals surface area contributed by atoms with E-state index in [1.54, 1.807) is 0 Å². The second kappa shape index (κ2) is 7.21. The van der Waals surface area contributed by atoms with Crippen LogP contribution in [-0.4, -0.2) is 32.8 Å². The highest BCUT2D eigenvalue weighted by molar-refractivity contribution is 7.89. The number of amides is 2. The summed E-state index contributed by atoms with van der Waals surface area (Å²) in [5.74, 6) is -2.27. The highest BCUT2D eigenvalue weighted by Gasteiger charge is 2.59. The molecule has 10 heteroatoms. The highest BCUT2D eigenvalue weighted by Crippen LogP contribution is 2.60. The van der Waals surface area contributed by atoms with Crippen molar-refractivity contribution in [1.82, 2.24) is 10.0 Å². The van der Waals surface area contributed by atoms with Crippen LogP contribution in [0.15, 0.2) is 23.1 Å². The minimum absolute atomic E-state index is 0.0405. The van der Waals surface area contributed by atoms with Crippen LogP contribution in [0.3, 0.4) is 0 Å². The third kappa shape index (κ3) is 3.42. The quantitative estimate of drug-likeness (QED) is 0.567. The van der Waals surface area contributed by atoms with E-state index in [2.05, 4.69) is 10.0 Å². The number of sulfonamides is 1. The number of carbonyl (C=O) groups excluding carboxylic acids is 2. The number of primary amides is 1. The molecule has 5 saturated carbocycles.